The molecule has 0 saturated carbocycles. The highest BCUT2D eigenvalue weighted by atomic mass is 79.9. The maximum absolute atomic E-state index is 13.7. The molecule has 0 heterocycles. The molecular formula is C14H13BrF2N2O. The van der Waals surface area contributed by atoms with Crippen LogP contribution < -0.4 is 16.0 Å². The van der Waals surface area contributed by atoms with Gasteiger partial charge in [-0.3, -0.25) is 5.84 Å². The van der Waals surface area contributed by atoms with E-state index < -0.39 is 17.7 Å². The minimum atomic E-state index is -0.526. The molecule has 1 unspecified atom stereocenters. The van der Waals surface area contributed by atoms with E-state index in [4.69, 9.17) is 10.6 Å². The van der Waals surface area contributed by atoms with Crippen LogP contribution in [0.2, 0.25) is 0 Å². The number of halogens is 3. The fourth-order valence-electron chi connectivity index (χ4n) is 1.99. The molecule has 0 aliphatic heterocycles. The van der Waals surface area contributed by atoms with Gasteiger partial charge in [0, 0.05) is 4.47 Å². The third-order valence-electron chi connectivity index (χ3n) is 2.89. The number of methoxy groups -OCH3 is 1. The fourth-order valence-corrected chi connectivity index (χ4v) is 2.47. The van der Waals surface area contributed by atoms with Crippen LogP contribution in [0.4, 0.5) is 8.78 Å². The Hall–Kier alpha value is -1.50. The highest BCUT2D eigenvalue weighted by Crippen LogP contribution is 2.28. The summed E-state index contributed by atoms with van der Waals surface area (Å²) >= 11 is 3.22. The van der Waals surface area contributed by atoms with Crippen LogP contribution in [0.15, 0.2) is 40.9 Å². The van der Waals surface area contributed by atoms with Gasteiger partial charge in [0.1, 0.15) is 5.82 Å². The van der Waals surface area contributed by atoms with Gasteiger partial charge in [-0.25, -0.2) is 14.2 Å². The minimum Gasteiger partial charge on any atom is -0.494 e. The molecule has 6 heteroatoms. The Balaban J connectivity index is 2.44. The van der Waals surface area contributed by atoms with E-state index >= 15 is 0 Å². The summed E-state index contributed by atoms with van der Waals surface area (Å²) in [6, 6.07) is 8.36. The molecule has 0 radical (unpaired) electrons. The van der Waals surface area contributed by atoms with Crippen LogP contribution in [0.1, 0.15) is 17.2 Å². The molecule has 20 heavy (non-hydrogen) atoms. The van der Waals surface area contributed by atoms with E-state index in [0.717, 1.165) is 0 Å². The molecular weight excluding hydrogens is 330 g/mol. The molecule has 3 nitrogen and oxygen atoms in total. The number of nitrogens with two attached hydrogens (primary N) is 1. The number of benzene rings is 2. The smallest absolute Gasteiger partial charge is 0.165 e. The Morgan fingerprint density at radius 3 is 2.45 bits per heavy atom. The molecule has 3 N–H and O–H groups in total. The molecule has 0 bridgehead atoms. The first-order valence-electron chi connectivity index (χ1n) is 5.80. The highest BCUT2D eigenvalue weighted by molar-refractivity contribution is 9.10. The van der Waals surface area contributed by atoms with Crippen LogP contribution >= 0.6 is 15.9 Å². The minimum absolute atomic E-state index is 0.143. The molecule has 0 aliphatic rings. The first-order chi connectivity index (χ1) is 9.55. The molecule has 0 saturated heterocycles. The standard InChI is InChI=1S/C14H13BrF2N2O/c1-20-13-3-2-8(6-12(13)17)14(19-18)9-4-10(15)7-11(16)5-9/h2-7,14,19H,18H2,1H3. The maximum atomic E-state index is 13.7. The van der Waals surface area contributed by atoms with Crippen molar-refractivity contribution in [3.05, 3.63) is 63.6 Å². The summed E-state index contributed by atoms with van der Waals surface area (Å²) in [5.74, 6) is 4.76. The summed E-state index contributed by atoms with van der Waals surface area (Å²) in [5.41, 5.74) is 3.72. The van der Waals surface area contributed by atoms with Gasteiger partial charge >= 0.3 is 0 Å². The largest absolute Gasteiger partial charge is 0.494 e. The lowest BCUT2D eigenvalue weighted by atomic mass is 9.99. The average molecular weight is 343 g/mol. The molecule has 0 aliphatic carbocycles. The predicted molar refractivity (Wildman–Crippen MR) is 76.2 cm³/mol. The van der Waals surface area contributed by atoms with Gasteiger partial charge < -0.3 is 4.74 Å². The SMILES string of the molecule is COc1ccc(C(NN)c2cc(F)cc(Br)c2)cc1F. The molecule has 2 aromatic carbocycles. The van der Waals surface area contributed by atoms with Crippen LogP contribution in [-0.4, -0.2) is 7.11 Å². The Morgan fingerprint density at radius 2 is 1.90 bits per heavy atom. The monoisotopic (exact) mass is 342 g/mol. The molecule has 1 atom stereocenters. The lowest BCUT2D eigenvalue weighted by molar-refractivity contribution is 0.385. The Bertz CT molecular complexity index is 602. The number of hydrazine groups is 1. The second-order valence-electron chi connectivity index (χ2n) is 4.20. The van der Waals surface area contributed by atoms with Crippen molar-refractivity contribution in [2.45, 2.75) is 6.04 Å². The third kappa shape index (κ3) is 3.15. The average Bonchev–Trinajstić information content (AvgIpc) is 2.38. The summed E-state index contributed by atoms with van der Waals surface area (Å²) in [5, 5.41) is 0. The lowest BCUT2D eigenvalue weighted by Gasteiger charge is -2.18. The molecule has 0 aromatic heterocycles. The third-order valence-corrected chi connectivity index (χ3v) is 3.35. The van der Waals surface area contributed by atoms with E-state index in [0.29, 0.717) is 15.6 Å². The number of hydrogen-bond donors (Lipinski definition) is 2. The molecule has 106 valence electrons. The van der Waals surface area contributed by atoms with Crippen LogP contribution in [0.25, 0.3) is 0 Å². The van der Waals surface area contributed by atoms with Crippen LogP contribution in [0.5, 0.6) is 5.75 Å². The van der Waals surface area contributed by atoms with Gasteiger partial charge in [0.2, 0.25) is 0 Å². The lowest BCUT2D eigenvalue weighted by Crippen LogP contribution is -2.29. The zero-order valence-electron chi connectivity index (χ0n) is 10.7. The van der Waals surface area contributed by atoms with Crippen molar-refractivity contribution in [2.24, 2.45) is 5.84 Å². The summed E-state index contributed by atoms with van der Waals surface area (Å²) < 4.78 is 32.6. The van der Waals surface area contributed by atoms with E-state index in [1.54, 1.807) is 12.1 Å². The van der Waals surface area contributed by atoms with E-state index in [1.165, 1.54) is 31.4 Å². The topological polar surface area (TPSA) is 47.3 Å². The maximum Gasteiger partial charge on any atom is 0.165 e. The summed E-state index contributed by atoms with van der Waals surface area (Å²) in [4.78, 5) is 0. The number of nitrogens with one attached hydrogen (secondary N) is 1. The van der Waals surface area contributed by atoms with Crippen molar-refractivity contribution >= 4 is 15.9 Å². The fraction of sp³-hybridized carbons (Fsp3) is 0.143. The van der Waals surface area contributed by atoms with Crippen LogP contribution in [0, 0.1) is 11.6 Å². The van der Waals surface area contributed by atoms with Gasteiger partial charge in [0.05, 0.1) is 13.2 Å². The highest BCUT2D eigenvalue weighted by Gasteiger charge is 2.16. The van der Waals surface area contributed by atoms with Gasteiger partial charge in [-0.15, -0.1) is 0 Å². The van der Waals surface area contributed by atoms with E-state index in [-0.39, 0.29) is 5.75 Å². The molecule has 2 aromatic rings. The number of hydrogen-bond acceptors (Lipinski definition) is 3. The zero-order chi connectivity index (χ0) is 14.7. The van der Waals surface area contributed by atoms with Crippen LogP contribution in [0.3, 0.4) is 0 Å². The molecule has 0 spiro atoms. The Kier molecular flexibility index (Phi) is 4.69. The predicted octanol–water partition coefficient (Wildman–Crippen LogP) is 3.29. The van der Waals surface area contributed by atoms with E-state index in [1.807, 2.05) is 0 Å². The van der Waals surface area contributed by atoms with Crippen molar-refractivity contribution in [1.82, 2.24) is 5.43 Å². The second kappa shape index (κ2) is 6.30. The molecule has 0 amide bonds. The number of rotatable bonds is 4. The Morgan fingerprint density at radius 1 is 1.15 bits per heavy atom. The number of ether oxygens (including phenoxy) is 1. The zero-order valence-corrected chi connectivity index (χ0v) is 12.2. The van der Waals surface area contributed by atoms with Gasteiger partial charge in [-0.05, 0) is 41.5 Å². The normalized spacial score (nSPS) is 12.2. The van der Waals surface area contributed by atoms with Crippen molar-refractivity contribution in [2.75, 3.05) is 7.11 Å². The van der Waals surface area contributed by atoms with E-state index in [2.05, 4.69) is 21.4 Å². The van der Waals surface area contributed by atoms with Gasteiger partial charge in [0.25, 0.3) is 0 Å². The summed E-state index contributed by atoms with van der Waals surface area (Å²) in [7, 11) is 1.39. The molecule has 0 fully saturated rings. The molecule has 2 rings (SSSR count). The van der Waals surface area contributed by atoms with Crippen molar-refractivity contribution in [3.63, 3.8) is 0 Å². The van der Waals surface area contributed by atoms with Gasteiger partial charge in [-0.2, -0.15) is 0 Å². The van der Waals surface area contributed by atoms with Gasteiger partial charge in [0.15, 0.2) is 11.6 Å². The van der Waals surface area contributed by atoms with E-state index in [9.17, 15) is 8.78 Å². The Labute approximate surface area is 123 Å². The van der Waals surface area contributed by atoms with Gasteiger partial charge in [-0.1, -0.05) is 22.0 Å². The summed E-state index contributed by atoms with van der Waals surface area (Å²) in [6.45, 7) is 0. The second-order valence-corrected chi connectivity index (χ2v) is 5.11. The van der Waals surface area contributed by atoms with Crippen molar-refractivity contribution < 1.29 is 13.5 Å². The first kappa shape index (κ1) is 14.9. The quantitative estimate of drug-likeness (QED) is 0.662. The first-order valence-corrected chi connectivity index (χ1v) is 6.60. The van der Waals surface area contributed by atoms with Crippen LogP contribution in [-0.2, 0) is 0 Å². The van der Waals surface area contributed by atoms with Crippen molar-refractivity contribution in [3.8, 4) is 5.75 Å². The van der Waals surface area contributed by atoms with Crippen molar-refractivity contribution in [1.29, 1.82) is 0 Å². The summed E-state index contributed by atoms with van der Waals surface area (Å²) in [6.07, 6.45) is 0.